The Balaban J connectivity index is 1.30. The molecule has 1 saturated heterocycles. The van der Waals surface area contributed by atoms with Crippen LogP contribution in [0.3, 0.4) is 0 Å². The molecule has 1 atom stereocenters. The molecule has 3 fully saturated rings. The summed E-state index contributed by atoms with van der Waals surface area (Å²) >= 11 is 0. The predicted molar refractivity (Wildman–Crippen MR) is 142 cm³/mol. The number of benzene rings is 2. The Morgan fingerprint density at radius 3 is 2.49 bits per heavy atom. The van der Waals surface area contributed by atoms with E-state index in [-0.39, 0.29) is 12.2 Å². The summed E-state index contributed by atoms with van der Waals surface area (Å²) in [6, 6.07) is 16.6. The average Bonchev–Trinajstić information content (AvgIpc) is 3.68. The number of rotatable bonds is 7. The molecule has 3 aliphatic rings. The molecule has 1 aliphatic heterocycles. The standard InChI is InChI=1S/C30H33N3O4/c1-19(20-5-6-20)36-30(34)32-22-9-7-21(8-10-22)29-27(18-31)26-12-11-25(37-24-13-15-35-16-14-24)17-28(26)33(29)23-3-2-4-23/h7-12,17,19-20,23-24H,2-6,13-16H2,1H3,(H,32,34)/t19-/m1/s1. The minimum atomic E-state index is -0.425. The first-order valence-corrected chi connectivity index (χ1v) is 13.5. The Kier molecular flexibility index (Phi) is 6.52. The number of carbonyl (C=O) groups is 1. The number of hydrogen-bond acceptors (Lipinski definition) is 5. The summed E-state index contributed by atoms with van der Waals surface area (Å²) in [5.74, 6) is 1.33. The van der Waals surface area contributed by atoms with Crippen molar-refractivity contribution in [3.05, 3.63) is 48.0 Å². The van der Waals surface area contributed by atoms with Gasteiger partial charge in [-0.25, -0.2) is 4.79 Å². The summed E-state index contributed by atoms with van der Waals surface area (Å²) in [4.78, 5) is 12.3. The summed E-state index contributed by atoms with van der Waals surface area (Å²) in [5.41, 5.74) is 4.28. The van der Waals surface area contributed by atoms with E-state index < -0.39 is 6.09 Å². The summed E-state index contributed by atoms with van der Waals surface area (Å²) in [7, 11) is 0. The average molecular weight is 500 g/mol. The molecule has 7 nitrogen and oxygen atoms in total. The van der Waals surface area contributed by atoms with E-state index in [2.05, 4.69) is 22.0 Å². The smallest absolute Gasteiger partial charge is 0.411 e. The molecule has 0 radical (unpaired) electrons. The quantitative estimate of drug-likeness (QED) is 0.386. The number of aromatic nitrogens is 1. The number of amides is 1. The van der Waals surface area contributed by atoms with Crippen LogP contribution < -0.4 is 10.1 Å². The zero-order valence-electron chi connectivity index (χ0n) is 21.2. The lowest BCUT2D eigenvalue weighted by molar-refractivity contribution is 0.0256. The zero-order chi connectivity index (χ0) is 25.4. The SMILES string of the molecule is C[C@@H](OC(=O)Nc1ccc(-c2c(C#N)c3ccc(OC4CCOCC4)cc3n2C2CCC2)cc1)C1CC1. The fraction of sp³-hybridized carbons (Fsp3) is 0.467. The van der Waals surface area contributed by atoms with Gasteiger partial charge in [0, 0.05) is 36.0 Å². The first-order valence-electron chi connectivity index (χ1n) is 13.5. The molecule has 2 heterocycles. The van der Waals surface area contributed by atoms with Gasteiger partial charge in [0.05, 0.1) is 30.0 Å². The second kappa shape index (κ2) is 10.1. The largest absolute Gasteiger partial charge is 0.490 e. The topological polar surface area (TPSA) is 85.5 Å². The van der Waals surface area contributed by atoms with Gasteiger partial charge in [-0.1, -0.05) is 12.1 Å². The second-order valence-electron chi connectivity index (χ2n) is 10.5. The third-order valence-electron chi connectivity index (χ3n) is 7.98. The number of nitrogens with one attached hydrogen (secondary N) is 1. The molecule has 0 bridgehead atoms. The Morgan fingerprint density at radius 1 is 1.08 bits per heavy atom. The van der Waals surface area contributed by atoms with Gasteiger partial charge in [0.15, 0.2) is 0 Å². The molecule has 6 rings (SSSR count). The molecular weight excluding hydrogens is 466 g/mol. The van der Waals surface area contributed by atoms with Crippen molar-refractivity contribution in [3.63, 3.8) is 0 Å². The third kappa shape index (κ3) is 4.91. The molecular formula is C30H33N3O4. The van der Waals surface area contributed by atoms with Crippen molar-refractivity contribution in [2.45, 2.75) is 70.1 Å². The van der Waals surface area contributed by atoms with Crippen LogP contribution in [0.4, 0.5) is 10.5 Å². The monoisotopic (exact) mass is 499 g/mol. The molecule has 2 aliphatic carbocycles. The van der Waals surface area contributed by atoms with E-state index in [0.29, 0.717) is 23.2 Å². The van der Waals surface area contributed by atoms with Crippen molar-refractivity contribution in [2.75, 3.05) is 18.5 Å². The highest BCUT2D eigenvalue weighted by molar-refractivity contribution is 5.96. The first-order chi connectivity index (χ1) is 18.1. The van der Waals surface area contributed by atoms with Crippen LogP contribution in [0.2, 0.25) is 0 Å². The van der Waals surface area contributed by atoms with Gasteiger partial charge in [-0.2, -0.15) is 5.26 Å². The fourth-order valence-electron chi connectivity index (χ4n) is 5.46. The normalized spacial score (nSPS) is 19.1. The molecule has 2 aromatic carbocycles. The number of hydrogen-bond donors (Lipinski definition) is 1. The van der Waals surface area contributed by atoms with Gasteiger partial charge in [0.1, 0.15) is 24.0 Å². The van der Waals surface area contributed by atoms with Crippen molar-refractivity contribution < 1.29 is 19.0 Å². The zero-order valence-corrected chi connectivity index (χ0v) is 21.2. The summed E-state index contributed by atoms with van der Waals surface area (Å²) < 4.78 is 19.6. The van der Waals surface area contributed by atoms with Gasteiger partial charge in [-0.15, -0.1) is 0 Å². The van der Waals surface area contributed by atoms with Crippen LogP contribution in [-0.2, 0) is 9.47 Å². The number of nitriles is 1. The number of anilines is 1. The van der Waals surface area contributed by atoms with Crippen molar-refractivity contribution in [1.29, 1.82) is 5.26 Å². The molecule has 1 N–H and O–H groups in total. The maximum atomic E-state index is 12.3. The molecule has 7 heteroatoms. The van der Waals surface area contributed by atoms with E-state index in [0.717, 1.165) is 79.6 Å². The van der Waals surface area contributed by atoms with Gasteiger partial charge in [-0.05, 0) is 74.8 Å². The summed E-state index contributed by atoms with van der Waals surface area (Å²) in [6.07, 6.45) is 7.09. The van der Waals surface area contributed by atoms with Crippen LogP contribution in [0.25, 0.3) is 22.2 Å². The molecule has 192 valence electrons. The number of ether oxygens (including phenoxy) is 3. The van der Waals surface area contributed by atoms with E-state index in [1.165, 1.54) is 6.42 Å². The van der Waals surface area contributed by atoms with E-state index in [1.54, 1.807) is 0 Å². The van der Waals surface area contributed by atoms with Crippen LogP contribution >= 0.6 is 0 Å². The Morgan fingerprint density at radius 2 is 1.84 bits per heavy atom. The molecule has 1 amide bonds. The predicted octanol–water partition coefficient (Wildman–Crippen LogP) is 6.81. The van der Waals surface area contributed by atoms with E-state index >= 15 is 0 Å². The van der Waals surface area contributed by atoms with E-state index in [9.17, 15) is 10.1 Å². The number of fused-ring (bicyclic) bond motifs is 1. The molecule has 2 saturated carbocycles. The van der Waals surface area contributed by atoms with Gasteiger partial charge >= 0.3 is 6.09 Å². The van der Waals surface area contributed by atoms with Crippen molar-refractivity contribution in [2.24, 2.45) is 5.92 Å². The Bertz CT molecular complexity index is 1330. The highest BCUT2D eigenvalue weighted by Gasteiger charge is 2.31. The van der Waals surface area contributed by atoms with Gasteiger partial charge in [-0.3, -0.25) is 5.32 Å². The molecule has 0 spiro atoms. The number of nitrogens with zero attached hydrogens (tertiary/aromatic N) is 2. The van der Waals surface area contributed by atoms with E-state index in [1.807, 2.05) is 43.3 Å². The maximum absolute atomic E-state index is 12.3. The molecule has 37 heavy (non-hydrogen) atoms. The van der Waals surface area contributed by atoms with Crippen molar-refractivity contribution >= 4 is 22.7 Å². The van der Waals surface area contributed by atoms with Crippen molar-refractivity contribution in [1.82, 2.24) is 4.57 Å². The molecule has 0 unspecified atom stereocenters. The minimum Gasteiger partial charge on any atom is -0.490 e. The number of carbonyl (C=O) groups excluding carboxylic acids is 1. The molecule has 3 aromatic rings. The van der Waals surface area contributed by atoms with Gasteiger partial charge < -0.3 is 18.8 Å². The van der Waals surface area contributed by atoms with Crippen molar-refractivity contribution in [3.8, 4) is 23.1 Å². The van der Waals surface area contributed by atoms with E-state index in [4.69, 9.17) is 14.2 Å². The Labute approximate surface area is 217 Å². The van der Waals surface area contributed by atoms with Crippen LogP contribution in [-0.4, -0.2) is 36.1 Å². The lowest BCUT2D eigenvalue weighted by Gasteiger charge is -2.30. The summed E-state index contributed by atoms with van der Waals surface area (Å²) in [6.45, 7) is 3.41. The van der Waals surface area contributed by atoms with Crippen LogP contribution in [0.15, 0.2) is 42.5 Å². The van der Waals surface area contributed by atoms with Crippen LogP contribution in [0.5, 0.6) is 5.75 Å². The minimum absolute atomic E-state index is 0.0593. The van der Waals surface area contributed by atoms with Crippen LogP contribution in [0.1, 0.15) is 63.5 Å². The summed E-state index contributed by atoms with van der Waals surface area (Å²) in [5, 5.41) is 14.0. The lowest BCUT2D eigenvalue weighted by Crippen LogP contribution is -2.25. The fourth-order valence-corrected chi connectivity index (χ4v) is 5.46. The highest BCUT2D eigenvalue weighted by Crippen LogP contribution is 2.43. The molecule has 1 aromatic heterocycles. The van der Waals surface area contributed by atoms with Crippen LogP contribution in [0, 0.1) is 17.2 Å². The van der Waals surface area contributed by atoms with Gasteiger partial charge in [0.25, 0.3) is 0 Å². The lowest BCUT2D eigenvalue weighted by atomic mass is 9.92. The second-order valence-corrected chi connectivity index (χ2v) is 10.5. The Hall–Kier alpha value is -3.50. The van der Waals surface area contributed by atoms with Gasteiger partial charge in [0.2, 0.25) is 0 Å². The highest BCUT2D eigenvalue weighted by atomic mass is 16.6. The third-order valence-corrected chi connectivity index (χ3v) is 7.98. The maximum Gasteiger partial charge on any atom is 0.411 e. The first kappa shape index (κ1) is 23.9.